The van der Waals surface area contributed by atoms with E-state index in [2.05, 4.69) is 11.0 Å². The molecule has 17 heavy (non-hydrogen) atoms. The zero-order valence-electron chi connectivity index (χ0n) is 10.3. The van der Waals surface area contributed by atoms with E-state index in [-0.39, 0.29) is 5.97 Å². The topological polar surface area (TPSA) is 38.8 Å². The van der Waals surface area contributed by atoms with Gasteiger partial charge in [-0.25, -0.2) is 4.79 Å². The van der Waals surface area contributed by atoms with Crippen LogP contribution < -0.4 is 0 Å². The van der Waals surface area contributed by atoms with Crippen molar-refractivity contribution in [2.75, 3.05) is 32.9 Å². The molecule has 1 aliphatic carbocycles. The van der Waals surface area contributed by atoms with E-state index in [1.807, 2.05) is 6.92 Å². The lowest BCUT2D eigenvalue weighted by molar-refractivity contribution is -0.137. The zero-order chi connectivity index (χ0) is 12.1. The molecule has 0 aromatic rings. The molecule has 4 heteroatoms. The minimum absolute atomic E-state index is 0.233. The summed E-state index contributed by atoms with van der Waals surface area (Å²) in [5.41, 5.74) is 2.30. The number of ether oxygens (including phenoxy) is 2. The van der Waals surface area contributed by atoms with Crippen molar-refractivity contribution in [3.63, 3.8) is 0 Å². The zero-order valence-corrected chi connectivity index (χ0v) is 10.3. The Bertz CT molecular complexity index is 341. The fourth-order valence-electron chi connectivity index (χ4n) is 2.23. The van der Waals surface area contributed by atoms with Crippen LogP contribution in [0, 0.1) is 0 Å². The van der Waals surface area contributed by atoms with Gasteiger partial charge in [0.05, 0.1) is 19.8 Å². The lowest BCUT2D eigenvalue weighted by Gasteiger charge is -2.30. The standard InChI is InChI=1S/C13H19NO3/c1-2-17-13(15)10-11-4-3-5-12(11)14-6-8-16-9-7-14/h5,10H,2-4,6-9H2,1H3. The fraction of sp³-hybridized carbons (Fsp3) is 0.615. The third-order valence-electron chi connectivity index (χ3n) is 3.01. The molecule has 2 aliphatic rings. The van der Waals surface area contributed by atoms with Gasteiger partial charge in [0.25, 0.3) is 0 Å². The molecule has 0 aromatic carbocycles. The first kappa shape index (κ1) is 12.2. The van der Waals surface area contributed by atoms with E-state index in [0.29, 0.717) is 6.61 Å². The molecular formula is C13H19NO3. The van der Waals surface area contributed by atoms with Gasteiger partial charge in [0.1, 0.15) is 0 Å². The average molecular weight is 237 g/mol. The molecule has 1 aliphatic heterocycles. The molecule has 0 unspecified atom stereocenters. The van der Waals surface area contributed by atoms with Crippen molar-refractivity contribution in [3.05, 3.63) is 23.4 Å². The van der Waals surface area contributed by atoms with E-state index in [4.69, 9.17) is 9.47 Å². The number of allylic oxidation sites excluding steroid dienone is 2. The Morgan fingerprint density at radius 1 is 1.53 bits per heavy atom. The van der Waals surface area contributed by atoms with Crippen molar-refractivity contribution < 1.29 is 14.3 Å². The molecule has 1 fully saturated rings. The first-order valence-corrected chi connectivity index (χ1v) is 6.22. The minimum atomic E-state index is -0.233. The second-order valence-electron chi connectivity index (χ2n) is 4.15. The van der Waals surface area contributed by atoms with Crippen molar-refractivity contribution in [2.24, 2.45) is 0 Å². The van der Waals surface area contributed by atoms with Gasteiger partial charge in [-0.15, -0.1) is 0 Å². The highest BCUT2D eigenvalue weighted by Crippen LogP contribution is 2.28. The second kappa shape index (κ2) is 5.87. The van der Waals surface area contributed by atoms with Crippen LogP contribution in [0.2, 0.25) is 0 Å². The van der Waals surface area contributed by atoms with E-state index in [9.17, 15) is 4.79 Å². The maximum Gasteiger partial charge on any atom is 0.331 e. The molecule has 0 aromatic heterocycles. The van der Waals surface area contributed by atoms with E-state index < -0.39 is 0 Å². The molecule has 0 atom stereocenters. The van der Waals surface area contributed by atoms with E-state index in [1.165, 1.54) is 5.70 Å². The van der Waals surface area contributed by atoms with Crippen LogP contribution in [0.15, 0.2) is 23.4 Å². The smallest absolute Gasteiger partial charge is 0.331 e. The Kier molecular flexibility index (Phi) is 4.20. The predicted octanol–water partition coefficient (Wildman–Crippen LogP) is 1.49. The monoisotopic (exact) mass is 237 g/mol. The molecule has 0 N–H and O–H groups in total. The SMILES string of the molecule is CCOC(=O)C=C1CCC=C1N1CCOCC1. The van der Waals surface area contributed by atoms with Crippen LogP contribution >= 0.6 is 0 Å². The number of hydrogen-bond acceptors (Lipinski definition) is 4. The van der Waals surface area contributed by atoms with Gasteiger partial charge < -0.3 is 14.4 Å². The normalized spacial score (nSPS) is 22.8. The van der Waals surface area contributed by atoms with Crippen LogP contribution in [0.4, 0.5) is 0 Å². The van der Waals surface area contributed by atoms with Crippen LogP contribution in [0.1, 0.15) is 19.8 Å². The van der Waals surface area contributed by atoms with E-state index in [0.717, 1.165) is 44.7 Å². The van der Waals surface area contributed by atoms with Crippen molar-refractivity contribution >= 4 is 5.97 Å². The van der Waals surface area contributed by atoms with Gasteiger partial charge in [-0.05, 0) is 25.3 Å². The van der Waals surface area contributed by atoms with Crippen molar-refractivity contribution in [2.45, 2.75) is 19.8 Å². The molecular weight excluding hydrogens is 218 g/mol. The van der Waals surface area contributed by atoms with Crippen LogP contribution in [-0.2, 0) is 14.3 Å². The fourth-order valence-corrected chi connectivity index (χ4v) is 2.23. The van der Waals surface area contributed by atoms with Gasteiger partial charge >= 0.3 is 5.97 Å². The summed E-state index contributed by atoms with van der Waals surface area (Å²) < 4.78 is 10.3. The van der Waals surface area contributed by atoms with Crippen LogP contribution in [-0.4, -0.2) is 43.8 Å². The van der Waals surface area contributed by atoms with Crippen molar-refractivity contribution in [1.29, 1.82) is 0 Å². The molecule has 0 saturated carbocycles. The van der Waals surface area contributed by atoms with Gasteiger partial charge in [-0.1, -0.05) is 6.08 Å². The lowest BCUT2D eigenvalue weighted by atomic mass is 10.1. The Labute approximate surface area is 102 Å². The summed E-state index contributed by atoms with van der Waals surface area (Å²) in [6.45, 7) is 5.61. The quantitative estimate of drug-likeness (QED) is 0.550. The van der Waals surface area contributed by atoms with Gasteiger partial charge in [0.15, 0.2) is 0 Å². The summed E-state index contributed by atoms with van der Waals surface area (Å²) >= 11 is 0. The summed E-state index contributed by atoms with van der Waals surface area (Å²) in [5.74, 6) is -0.233. The molecule has 1 heterocycles. The maximum absolute atomic E-state index is 11.5. The third-order valence-corrected chi connectivity index (χ3v) is 3.01. The van der Waals surface area contributed by atoms with Gasteiger partial charge in [-0.3, -0.25) is 0 Å². The highest BCUT2D eigenvalue weighted by Gasteiger charge is 2.21. The average Bonchev–Trinajstić information content (AvgIpc) is 2.78. The Balaban J connectivity index is 2.03. The molecule has 4 nitrogen and oxygen atoms in total. The summed E-state index contributed by atoms with van der Waals surface area (Å²) in [5, 5.41) is 0. The predicted molar refractivity (Wildman–Crippen MR) is 64.4 cm³/mol. The number of morpholine rings is 1. The Hall–Kier alpha value is -1.29. The highest BCUT2D eigenvalue weighted by atomic mass is 16.5. The molecule has 0 spiro atoms. The Morgan fingerprint density at radius 3 is 3.00 bits per heavy atom. The number of rotatable bonds is 3. The number of nitrogens with zero attached hydrogens (tertiary/aromatic N) is 1. The molecule has 2 rings (SSSR count). The Morgan fingerprint density at radius 2 is 2.29 bits per heavy atom. The second-order valence-corrected chi connectivity index (χ2v) is 4.15. The largest absolute Gasteiger partial charge is 0.463 e. The number of hydrogen-bond donors (Lipinski definition) is 0. The van der Waals surface area contributed by atoms with E-state index in [1.54, 1.807) is 6.08 Å². The number of carbonyl (C=O) groups is 1. The number of esters is 1. The molecule has 0 bridgehead atoms. The molecule has 1 saturated heterocycles. The van der Waals surface area contributed by atoms with Crippen molar-refractivity contribution in [3.8, 4) is 0 Å². The first-order chi connectivity index (χ1) is 8.31. The van der Waals surface area contributed by atoms with Gasteiger partial charge in [0, 0.05) is 24.9 Å². The van der Waals surface area contributed by atoms with Gasteiger partial charge in [0.2, 0.25) is 0 Å². The molecule has 0 radical (unpaired) electrons. The summed E-state index contributed by atoms with van der Waals surface area (Å²) in [6.07, 6.45) is 5.79. The van der Waals surface area contributed by atoms with Crippen LogP contribution in [0.3, 0.4) is 0 Å². The number of carbonyl (C=O) groups excluding carboxylic acids is 1. The van der Waals surface area contributed by atoms with Crippen LogP contribution in [0.25, 0.3) is 0 Å². The maximum atomic E-state index is 11.5. The first-order valence-electron chi connectivity index (χ1n) is 6.22. The van der Waals surface area contributed by atoms with Crippen LogP contribution in [0.5, 0.6) is 0 Å². The summed E-state index contributed by atoms with van der Waals surface area (Å²) in [4.78, 5) is 13.8. The highest BCUT2D eigenvalue weighted by molar-refractivity contribution is 5.83. The van der Waals surface area contributed by atoms with E-state index >= 15 is 0 Å². The minimum Gasteiger partial charge on any atom is -0.463 e. The summed E-state index contributed by atoms with van der Waals surface area (Å²) in [7, 11) is 0. The van der Waals surface area contributed by atoms with Gasteiger partial charge in [-0.2, -0.15) is 0 Å². The summed E-state index contributed by atoms with van der Waals surface area (Å²) in [6, 6.07) is 0. The van der Waals surface area contributed by atoms with Crippen molar-refractivity contribution in [1.82, 2.24) is 4.90 Å². The molecule has 0 amide bonds. The third kappa shape index (κ3) is 3.09. The lowest BCUT2D eigenvalue weighted by Crippen LogP contribution is -2.35. The molecule has 94 valence electrons.